The standard InChI is InChI=1S/C16H15ClF3N5O/c17-13-3-2-11(10-12(13)16(18,19)20)23-15(26)25-8-6-24(7-9-25)14-21-4-1-5-22-14/h1-5,10H,6-9H2,(H,23,26). The SMILES string of the molecule is O=C(Nc1ccc(Cl)c(C(F)(F)F)c1)N1CCN(c2ncccn2)CC1. The molecular formula is C16H15ClF3N5O. The van der Waals surface area contributed by atoms with Crippen LogP contribution < -0.4 is 10.2 Å². The van der Waals surface area contributed by atoms with Gasteiger partial charge in [0.15, 0.2) is 0 Å². The van der Waals surface area contributed by atoms with E-state index in [4.69, 9.17) is 11.6 Å². The molecular weight excluding hydrogens is 371 g/mol. The maximum absolute atomic E-state index is 12.9. The molecule has 2 heterocycles. The zero-order chi connectivity index (χ0) is 18.7. The second-order valence-corrected chi connectivity index (χ2v) is 6.05. The van der Waals surface area contributed by atoms with Crippen molar-refractivity contribution in [2.45, 2.75) is 6.18 Å². The first-order valence-electron chi connectivity index (χ1n) is 7.79. The minimum absolute atomic E-state index is 0.0422. The Kier molecular flexibility index (Phi) is 5.17. The van der Waals surface area contributed by atoms with Gasteiger partial charge in [0.2, 0.25) is 5.95 Å². The Labute approximate surface area is 152 Å². The van der Waals surface area contributed by atoms with Gasteiger partial charge >= 0.3 is 12.2 Å². The molecule has 2 amide bonds. The van der Waals surface area contributed by atoms with Gasteiger partial charge in [-0.3, -0.25) is 0 Å². The topological polar surface area (TPSA) is 61.4 Å². The molecule has 1 fully saturated rings. The molecule has 0 bridgehead atoms. The van der Waals surface area contributed by atoms with Crippen LogP contribution in [0, 0.1) is 0 Å². The lowest BCUT2D eigenvalue weighted by atomic mass is 10.2. The van der Waals surface area contributed by atoms with E-state index in [0.29, 0.717) is 32.1 Å². The number of amides is 2. The monoisotopic (exact) mass is 385 g/mol. The van der Waals surface area contributed by atoms with Crippen LogP contribution in [-0.2, 0) is 6.18 Å². The van der Waals surface area contributed by atoms with Crippen molar-refractivity contribution >= 4 is 29.3 Å². The number of carbonyl (C=O) groups excluding carboxylic acids is 1. The molecule has 0 atom stereocenters. The second-order valence-electron chi connectivity index (χ2n) is 5.65. The van der Waals surface area contributed by atoms with Crippen LogP contribution in [0.2, 0.25) is 5.02 Å². The van der Waals surface area contributed by atoms with Gasteiger partial charge < -0.3 is 15.1 Å². The van der Waals surface area contributed by atoms with E-state index in [1.165, 1.54) is 11.0 Å². The van der Waals surface area contributed by atoms with E-state index in [-0.39, 0.29) is 5.69 Å². The van der Waals surface area contributed by atoms with Gasteiger partial charge in [-0.05, 0) is 24.3 Å². The molecule has 1 saturated heterocycles. The predicted octanol–water partition coefficient (Wildman–Crippen LogP) is 3.50. The number of carbonyl (C=O) groups is 1. The second kappa shape index (κ2) is 7.36. The van der Waals surface area contributed by atoms with Crippen molar-refractivity contribution in [2.75, 3.05) is 36.4 Å². The Morgan fingerprint density at radius 3 is 2.38 bits per heavy atom. The van der Waals surface area contributed by atoms with Crippen molar-refractivity contribution in [3.63, 3.8) is 0 Å². The van der Waals surface area contributed by atoms with Gasteiger partial charge in [-0.25, -0.2) is 14.8 Å². The largest absolute Gasteiger partial charge is 0.417 e. The zero-order valence-corrected chi connectivity index (χ0v) is 14.3. The number of benzene rings is 1. The lowest BCUT2D eigenvalue weighted by molar-refractivity contribution is -0.137. The molecule has 0 radical (unpaired) electrons. The van der Waals surface area contributed by atoms with Crippen LogP contribution in [0.25, 0.3) is 0 Å². The van der Waals surface area contributed by atoms with Gasteiger partial charge in [0, 0.05) is 44.3 Å². The lowest BCUT2D eigenvalue weighted by Gasteiger charge is -2.34. The van der Waals surface area contributed by atoms with Crippen molar-refractivity contribution in [1.82, 2.24) is 14.9 Å². The number of anilines is 2. The Hall–Kier alpha value is -2.55. The molecule has 1 N–H and O–H groups in total. The van der Waals surface area contributed by atoms with E-state index in [9.17, 15) is 18.0 Å². The summed E-state index contributed by atoms with van der Waals surface area (Å²) in [4.78, 5) is 24.1. The third-order valence-electron chi connectivity index (χ3n) is 3.92. The van der Waals surface area contributed by atoms with E-state index in [0.717, 1.165) is 12.1 Å². The molecule has 2 aromatic rings. The van der Waals surface area contributed by atoms with E-state index in [1.807, 2.05) is 4.90 Å². The molecule has 1 aliphatic heterocycles. The number of alkyl halides is 3. The maximum atomic E-state index is 12.9. The van der Waals surface area contributed by atoms with Crippen LogP contribution >= 0.6 is 11.6 Å². The third-order valence-corrected chi connectivity index (χ3v) is 4.25. The summed E-state index contributed by atoms with van der Waals surface area (Å²) in [5, 5.41) is 2.07. The summed E-state index contributed by atoms with van der Waals surface area (Å²) in [6.45, 7) is 1.88. The minimum atomic E-state index is -4.58. The fraction of sp³-hybridized carbons (Fsp3) is 0.312. The number of urea groups is 1. The summed E-state index contributed by atoms with van der Waals surface area (Å²) in [5.74, 6) is 0.583. The zero-order valence-electron chi connectivity index (χ0n) is 13.5. The molecule has 26 heavy (non-hydrogen) atoms. The summed E-state index contributed by atoms with van der Waals surface area (Å²) < 4.78 is 38.7. The molecule has 6 nitrogen and oxygen atoms in total. The third kappa shape index (κ3) is 4.16. The molecule has 0 spiro atoms. The molecule has 1 aromatic heterocycles. The van der Waals surface area contributed by atoms with Gasteiger partial charge in [0.1, 0.15) is 0 Å². The summed E-state index contributed by atoms with van der Waals surface area (Å²) >= 11 is 5.58. The van der Waals surface area contributed by atoms with Gasteiger partial charge in [-0.15, -0.1) is 0 Å². The Morgan fingerprint density at radius 1 is 1.12 bits per heavy atom. The number of rotatable bonds is 2. The normalized spacial score (nSPS) is 15.1. The summed E-state index contributed by atoms with van der Waals surface area (Å²) in [5.41, 5.74) is -0.941. The van der Waals surface area contributed by atoms with Crippen molar-refractivity contribution in [3.8, 4) is 0 Å². The van der Waals surface area contributed by atoms with E-state index in [2.05, 4.69) is 15.3 Å². The number of hydrogen-bond acceptors (Lipinski definition) is 4. The number of piperazine rings is 1. The minimum Gasteiger partial charge on any atom is -0.337 e. The summed E-state index contributed by atoms with van der Waals surface area (Å²) in [6, 6.07) is 4.53. The number of nitrogens with one attached hydrogen (secondary N) is 1. The summed E-state index contributed by atoms with van der Waals surface area (Å²) in [6.07, 6.45) is -1.31. The number of aromatic nitrogens is 2. The van der Waals surface area contributed by atoms with Crippen LogP contribution in [0.15, 0.2) is 36.7 Å². The van der Waals surface area contributed by atoms with Crippen LogP contribution in [0.3, 0.4) is 0 Å². The maximum Gasteiger partial charge on any atom is 0.417 e. The highest BCUT2D eigenvalue weighted by Gasteiger charge is 2.33. The van der Waals surface area contributed by atoms with Crippen molar-refractivity contribution in [1.29, 1.82) is 0 Å². The van der Waals surface area contributed by atoms with Crippen LogP contribution in [0.5, 0.6) is 0 Å². The van der Waals surface area contributed by atoms with Gasteiger partial charge in [0.25, 0.3) is 0 Å². The van der Waals surface area contributed by atoms with Crippen molar-refractivity contribution in [3.05, 3.63) is 47.2 Å². The quantitative estimate of drug-likeness (QED) is 0.859. The Morgan fingerprint density at radius 2 is 1.77 bits per heavy atom. The Bertz CT molecular complexity index is 779. The molecule has 0 saturated carbocycles. The lowest BCUT2D eigenvalue weighted by Crippen LogP contribution is -2.50. The molecule has 0 unspecified atom stereocenters. The Balaban J connectivity index is 1.61. The fourth-order valence-corrected chi connectivity index (χ4v) is 2.81. The molecule has 10 heteroatoms. The van der Waals surface area contributed by atoms with Gasteiger partial charge in [-0.2, -0.15) is 13.2 Å². The first-order valence-corrected chi connectivity index (χ1v) is 8.17. The van der Waals surface area contributed by atoms with Crippen LogP contribution in [-0.4, -0.2) is 47.1 Å². The average Bonchev–Trinajstić information content (AvgIpc) is 2.63. The number of nitrogens with zero attached hydrogens (tertiary/aromatic N) is 4. The number of halogens is 4. The predicted molar refractivity (Wildman–Crippen MR) is 91.3 cm³/mol. The van der Waals surface area contributed by atoms with Crippen LogP contribution in [0.4, 0.5) is 29.6 Å². The van der Waals surface area contributed by atoms with Crippen LogP contribution in [0.1, 0.15) is 5.56 Å². The van der Waals surface area contributed by atoms with Crippen molar-refractivity contribution in [2.24, 2.45) is 0 Å². The van der Waals surface area contributed by atoms with E-state index in [1.54, 1.807) is 18.5 Å². The summed E-state index contributed by atoms with van der Waals surface area (Å²) in [7, 11) is 0. The molecule has 1 aromatic carbocycles. The molecule has 1 aliphatic rings. The molecule has 138 valence electrons. The fourth-order valence-electron chi connectivity index (χ4n) is 2.59. The van der Waals surface area contributed by atoms with Gasteiger partial charge in [0.05, 0.1) is 10.6 Å². The first-order chi connectivity index (χ1) is 12.3. The highest BCUT2D eigenvalue weighted by atomic mass is 35.5. The highest BCUT2D eigenvalue weighted by molar-refractivity contribution is 6.31. The average molecular weight is 386 g/mol. The van der Waals surface area contributed by atoms with Gasteiger partial charge in [-0.1, -0.05) is 11.6 Å². The smallest absolute Gasteiger partial charge is 0.337 e. The number of hydrogen-bond donors (Lipinski definition) is 1. The van der Waals surface area contributed by atoms with Crippen molar-refractivity contribution < 1.29 is 18.0 Å². The molecule has 3 rings (SSSR count). The first kappa shape index (κ1) is 18.2. The van der Waals surface area contributed by atoms with E-state index >= 15 is 0 Å². The van der Waals surface area contributed by atoms with E-state index < -0.39 is 22.8 Å². The highest BCUT2D eigenvalue weighted by Crippen LogP contribution is 2.36. The molecule has 0 aliphatic carbocycles.